The maximum atomic E-state index is 10.2. The summed E-state index contributed by atoms with van der Waals surface area (Å²) in [5, 5.41) is 2.99. The number of thioether (sulfide) groups is 1. The summed E-state index contributed by atoms with van der Waals surface area (Å²) in [6.45, 7) is 3.40. The zero-order valence-electron chi connectivity index (χ0n) is 5.10. The van der Waals surface area contributed by atoms with Crippen LogP contribution < -0.4 is 5.32 Å². The maximum absolute atomic E-state index is 10.2. The quantitative estimate of drug-likeness (QED) is 0.571. The minimum absolute atomic E-state index is 0.163. The van der Waals surface area contributed by atoms with Crippen molar-refractivity contribution in [2.24, 2.45) is 0 Å². The van der Waals surface area contributed by atoms with Gasteiger partial charge in [0.2, 0.25) is 0 Å². The lowest BCUT2D eigenvalue weighted by Crippen LogP contribution is -2.03. The second kappa shape index (κ2) is 5.12. The first-order valence-corrected chi connectivity index (χ1v) is 3.38. The molecule has 1 radical (unpaired) electrons. The van der Waals surface area contributed by atoms with Crippen LogP contribution in [0.3, 0.4) is 0 Å². The van der Waals surface area contributed by atoms with Crippen LogP contribution in [0.1, 0.15) is 6.92 Å². The Labute approximate surface area is 54.0 Å². The molecule has 0 amide bonds. The molecular formula is C5H10NOS. The van der Waals surface area contributed by atoms with Gasteiger partial charge in [0.25, 0.3) is 0 Å². The predicted molar refractivity (Wildman–Crippen MR) is 36.5 cm³/mol. The first-order valence-electron chi connectivity index (χ1n) is 2.39. The molecular weight excluding hydrogens is 122 g/mol. The highest BCUT2D eigenvalue weighted by Gasteiger charge is 1.90. The number of nitrogens with one attached hydrogen (secondary N) is 1. The van der Waals surface area contributed by atoms with Crippen LogP contribution in [-0.4, -0.2) is 17.9 Å². The van der Waals surface area contributed by atoms with Gasteiger partial charge in [-0.15, -0.1) is 0 Å². The fourth-order valence-electron chi connectivity index (χ4n) is 0.242. The molecule has 47 valence electrons. The van der Waals surface area contributed by atoms with Crippen LogP contribution >= 0.6 is 11.8 Å². The summed E-state index contributed by atoms with van der Waals surface area (Å²) < 4.78 is 0. The molecule has 0 saturated heterocycles. The van der Waals surface area contributed by atoms with Crippen molar-refractivity contribution in [2.45, 2.75) is 6.92 Å². The van der Waals surface area contributed by atoms with Crippen molar-refractivity contribution in [3.05, 3.63) is 6.54 Å². The van der Waals surface area contributed by atoms with Crippen LogP contribution in [0.25, 0.3) is 0 Å². The van der Waals surface area contributed by atoms with E-state index in [-0.39, 0.29) is 5.12 Å². The molecule has 0 atom stereocenters. The standard InChI is InChI=1S/C5H10NOS/c1-5(7)8-4-3-6-2/h3,6H,4H2,1-2H3. The van der Waals surface area contributed by atoms with Crippen molar-refractivity contribution in [2.75, 3.05) is 12.8 Å². The average Bonchev–Trinajstić information content (AvgIpc) is 1.66. The van der Waals surface area contributed by atoms with Crippen molar-refractivity contribution in [3.8, 4) is 0 Å². The molecule has 3 heteroatoms. The molecule has 0 saturated carbocycles. The highest BCUT2D eigenvalue weighted by Crippen LogP contribution is 1.99. The Morgan fingerprint density at radius 1 is 1.88 bits per heavy atom. The first kappa shape index (κ1) is 7.98. The lowest BCUT2D eigenvalue weighted by Gasteiger charge is -1.92. The molecule has 0 fully saturated rings. The number of carbonyl (C=O) groups is 1. The number of hydrogen-bond acceptors (Lipinski definition) is 3. The highest BCUT2D eigenvalue weighted by atomic mass is 32.2. The van der Waals surface area contributed by atoms with Crippen LogP contribution in [0.2, 0.25) is 0 Å². The maximum Gasteiger partial charge on any atom is 0.185 e. The lowest BCUT2D eigenvalue weighted by atomic mass is 10.8. The molecule has 0 unspecified atom stereocenters. The Balaban J connectivity index is 2.82. The summed E-state index contributed by atoms with van der Waals surface area (Å²) >= 11 is 1.30. The summed E-state index contributed by atoms with van der Waals surface area (Å²) in [6.07, 6.45) is 0. The highest BCUT2D eigenvalue weighted by molar-refractivity contribution is 8.13. The van der Waals surface area contributed by atoms with Crippen LogP contribution in [0, 0.1) is 6.54 Å². The average molecular weight is 132 g/mol. The zero-order chi connectivity index (χ0) is 6.41. The minimum Gasteiger partial charge on any atom is -0.315 e. The Morgan fingerprint density at radius 3 is 2.88 bits per heavy atom. The number of hydrogen-bond donors (Lipinski definition) is 1. The van der Waals surface area contributed by atoms with Crippen LogP contribution in [0.15, 0.2) is 0 Å². The van der Waals surface area contributed by atoms with Crippen LogP contribution in [-0.2, 0) is 4.79 Å². The van der Waals surface area contributed by atoms with Gasteiger partial charge in [-0.1, -0.05) is 11.8 Å². The van der Waals surface area contributed by atoms with Gasteiger partial charge in [-0.05, 0) is 7.05 Å². The summed E-state index contributed by atoms with van der Waals surface area (Å²) in [5.41, 5.74) is 0. The third-order valence-electron chi connectivity index (χ3n) is 0.574. The number of rotatable bonds is 3. The van der Waals surface area contributed by atoms with Gasteiger partial charge in [-0.2, -0.15) is 0 Å². The molecule has 0 aliphatic carbocycles. The van der Waals surface area contributed by atoms with Crippen LogP contribution in [0.5, 0.6) is 0 Å². The van der Waals surface area contributed by atoms with E-state index in [1.54, 1.807) is 6.92 Å². The van der Waals surface area contributed by atoms with Gasteiger partial charge >= 0.3 is 0 Å². The molecule has 0 aromatic heterocycles. The SMILES string of the molecule is CN[CH]CSC(C)=O. The second-order valence-corrected chi connectivity index (χ2v) is 2.49. The van der Waals surface area contributed by atoms with Gasteiger partial charge in [0.1, 0.15) is 0 Å². The topological polar surface area (TPSA) is 29.1 Å². The molecule has 2 nitrogen and oxygen atoms in total. The van der Waals surface area contributed by atoms with Crippen molar-refractivity contribution >= 4 is 16.9 Å². The largest absolute Gasteiger partial charge is 0.315 e. The Bertz CT molecular complexity index is 74.8. The Kier molecular flexibility index (Phi) is 5.11. The summed E-state index contributed by atoms with van der Waals surface area (Å²) in [6, 6.07) is 0. The minimum atomic E-state index is 0.163. The lowest BCUT2D eigenvalue weighted by molar-refractivity contribution is -0.109. The Hall–Kier alpha value is -0.0200. The van der Waals surface area contributed by atoms with E-state index in [0.717, 1.165) is 5.75 Å². The van der Waals surface area contributed by atoms with Gasteiger partial charge in [0.15, 0.2) is 5.12 Å². The molecule has 0 aromatic rings. The van der Waals surface area contributed by atoms with Crippen LogP contribution in [0.4, 0.5) is 0 Å². The molecule has 0 rings (SSSR count). The third-order valence-corrected chi connectivity index (χ3v) is 1.31. The summed E-state index contributed by atoms with van der Waals surface area (Å²) in [4.78, 5) is 10.2. The van der Waals surface area contributed by atoms with Gasteiger partial charge in [-0.3, -0.25) is 4.79 Å². The van der Waals surface area contributed by atoms with E-state index in [1.165, 1.54) is 11.8 Å². The molecule has 0 bridgehead atoms. The molecule has 0 aromatic carbocycles. The van der Waals surface area contributed by atoms with Crippen molar-refractivity contribution in [1.82, 2.24) is 5.32 Å². The molecule has 0 aliphatic rings. The molecule has 8 heavy (non-hydrogen) atoms. The fourth-order valence-corrected chi connectivity index (χ4v) is 0.727. The van der Waals surface area contributed by atoms with Crippen molar-refractivity contribution in [1.29, 1.82) is 0 Å². The smallest absolute Gasteiger partial charge is 0.185 e. The number of carbonyl (C=O) groups excluding carboxylic acids is 1. The van der Waals surface area contributed by atoms with E-state index >= 15 is 0 Å². The second-order valence-electron chi connectivity index (χ2n) is 1.30. The first-order chi connectivity index (χ1) is 3.77. The van der Waals surface area contributed by atoms with E-state index in [0.29, 0.717) is 0 Å². The normalized spacial score (nSPS) is 9.25. The van der Waals surface area contributed by atoms with Crippen molar-refractivity contribution < 1.29 is 4.79 Å². The van der Waals surface area contributed by atoms with Crippen molar-refractivity contribution in [3.63, 3.8) is 0 Å². The van der Waals surface area contributed by atoms with E-state index in [2.05, 4.69) is 5.32 Å². The summed E-state index contributed by atoms with van der Waals surface area (Å²) in [7, 11) is 1.82. The van der Waals surface area contributed by atoms with E-state index < -0.39 is 0 Å². The van der Waals surface area contributed by atoms with Gasteiger partial charge < -0.3 is 5.32 Å². The van der Waals surface area contributed by atoms with E-state index in [4.69, 9.17) is 0 Å². The predicted octanol–water partition coefficient (Wildman–Crippen LogP) is 0.647. The molecule has 0 heterocycles. The van der Waals surface area contributed by atoms with E-state index in [9.17, 15) is 4.79 Å². The van der Waals surface area contributed by atoms with Gasteiger partial charge in [0.05, 0.1) is 0 Å². The van der Waals surface area contributed by atoms with E-state index in [1.807, 2.05) is 13.6 Å². The molecule has 0 spiro atoms. The van der Waals surface area contributed by atoms with Gasteiger partial charge in [-0.25, -0.2) is 0 Å². The van der Waals surface area contributed by atoms with Gasteiger partial charge in [0, 0.05) is 19.2 Å². The molecule has 1 N–H and O–H groups in total. The fraction of sp³-hybridized carbons (Fsp3) is 0.600. The third kappa shape index (κ3) is 5.98. The Morgan fingerprint density at radius 2 is 2.50 bits per heavy atom. The summed E-state index contributed by atoms with van der Waals surface area (Å²) in [5.74, 6) is 0.756. The monoisotopic (exact) mass is 132 g/mol. The molecule has 0 aliphatic heterocycles. The zero-order valence-corrected chi connectivity index (χ0v) is 5.92.